The van der Waals surface area contributed by atoms with Crippen LogP contribution in [0.3, 0.4) is 0 Å². The second-order valence-electron chi connectivity index (χ2n) is 3.63. The molecule has 1 rings (SSSR count). The van der Waals surface area contributed by atoms with Gasteiger partial charge in [0.2, 0.25) is 10.0 Å². The van der Waals surface area contributed by atoms with Crippen molar-refractivity contribution < 1.29 is 18.1 Å². The van der Waals surface area contributed by atoms with Crippen molar-refractivity contribution in [2.75, 3.05) is 20.2 Å². The van der Waals surface area contributed by atoms with Gasteiger partial charge in [-0.05, 0) is 19.0 Å². The predicted molar refractivity (Wildman–Crippen MR) is 68.5 cm³/mol. The van der Waals surface area contributed by atoms with E-state index in [9.17, 15) is 18.5 Å². The standard InChI is InChI=1S/C10H15N3O5S/c1-18-9-7-8(13(14)15)3-4-10(9)19(16,17)12-6-2-5-11/h3-4,7,12H,2,5-6,11H2,1H3. The minimum absolute atomic E-state index is 0.0746. The number of methoxy groups -OCH3 is 1. The lowest BCUT2D eigenvalue weighted by Gasteiger charge is -2.10. The SMILES string of the molecule is COc1cc([N+](=O)[O-])ccc1S(=O)(=O)NCCCN. The third-order valence-corrected chi connectivity index (χ3v) is 3.82. The lowest BCUT2D eigenvalue weighted by Crippen LogP contribution is -2.26. The summed E-state index contributed by atoms with van der Waals surface area (Å²) in [7, 11) is -2.52. The Labute approximate surface area is 110 Å². The summed E-state index contributed by atoms with van der Waals surface area (Å²) in [5.74, 6) is -0.0746. The molecular formula is C10H15N3O5S. The van der Waals surface area contributed by atoms with Gasteiger partial charge in [-0.15, -0.1) is 0 Å². The zero-order valence-electron chi connectivity index (χ0n) is 10.3. The third-order valence-electron chi connectivity index (χ3n) is 2.32. The van der Waals surface area contributed by atoms with Crippen LogP contribution in [0.4, 0.5) is 5.69 Å². The first-order chi connectivity index (χ1) is 8.92. The summed E-state index contributed by atoms with van der Waals surface area (Å²) in [6.45, 7) is 0.554. The van der Waals surface area contributed by atoms with E-state index in [0.29, 0.717) is 13.0 Å². The van der Waals surface area contributed by atoms with Crippen LogP contribution in [0.5, 0.6) is 5.75 Å². The molecule has 0 unspecified atom stereocenters. The van der Waals surface area contributed by atoms with Crippen molar-refractivity contribution in [1.82, 2.24) is 4.72 Å². The normalized spacial score (nSPS) is 11.3. The molecule has 19 heavy (non-hydrogen) atoms. The number of non-ortho nitro benzene ring substituents is 1. The Hall–Kier alpha value is -1.71. The van der Waals surface area contributed by atoms with Gasteiger partial charge in [0, 0.05) is 12.6 Å². The number of nitrogens with one attached hydrogen (secondary N) is 1. The highest BCUT2D eigenvalue weighted by atomic mass is 32.2. The second kappa shape index (κ2) is 6.45. The highest BCUT2D eigenvalue weighted by Crippen LogP contribution is 2.28. The molecule has 0 aromatic heterocycles. The van der Waals surface area contributed by atoms with Gasteiger partial charge in [-0.2, -0.15) is 0 Å². The maximum atomic E-state index is 12.0. The summed E-state index contributed by atoms with van der Waals surface area (Å²) in [6.07, 6.45) is 0.495. The van der Waals surface area contributed by atoms with Crippen LogP contribution in [0.25, 0.3) is 0 Å². The van der Waals surface area contributed by atoms with Crippen LogP contribution >= 0.6 is 0 Å². The van der Waals surface area contributed by atoms with E-state index in [4.69, 9.17) is 10.5 Å². The van der Waals surface area contributed by atoms with Gasteiger partial charge in [-0.3, -0.25) is 10.1 Å². The molecule has 1 aromatic rings. The zero-order chi connectivity index (χ0) is 14.5. The first-order valence-electron chi connectivity index (χ1n) is 5.44. The molecule has 106 valence electrons. The first kappa shape index (κ1) is 15.3. The van der Waals surface area contributed by atoms with E-state index in [1.807, 2.05) is 0 Å². The number of sulfonamides is 1. The number of nitro benzene ring substituents is 1. The first-order valence-corrected chi connectivity index (χ1v) is 6.93. The molecule has 0 saturated heterocycles. The Morgan fingerprint density at radius 2 is 2.16 bits per heavy atom. The summed E-state index contributed by atoms with van der Waals surface area (Å²) in [6, 6.07) is 3.32. The number of benzene rings is 1. The van der Waals surface area contributed by atoms with E-state index in [0.717, 1.165) is 18.2 Å². The smallest absolute Gasteiger partial charge is 0.273 e. The largest absolute Gasteiger partial charge is 0.495 e. The van der Waals surface area contributed by atoms with Gasteiger partial charge < -0.3 is 10.5 Å². The lowest BCUT2D eigenvalue weighted by molar-refractivity contribution is -0.385. The van der Waals surface area contributed by atoms with E-state index in [1.54, 1.807) is 0 Å². The van der Waals surface area contributed by atoms with Crippen LogP contribution in [0.1, 0.15) is 6.42 Å². The van der Waals surface area contributed by atoms with Crippen LogP contribution in [0, 0.1) is 10.1 Å². The number of nitrogens with zero attached hydrogens (tertiary/aromatic N) is 1. The summed E-state index contributed by atoms with van der Waals surface area (Å²) in [5.41, 5.74) is 5.03. The van der Waals surface area contributed by atoms with Gasteiger partial charge in [0.15, 0.2) is 0 Å². The van der Waals surface area contributed by atoms with Crippen molar-refractivity contribution in [3.05, 3.63) is 28.3 Å². The molecular weight excluding hydrogens is 274 g/mol. The molecule has 0 spiro atoms. The van der Waals surface area contributed by atoms with E-state index >= 15 is 0 Å². The Bertz CT molecular complexity index is 558. The molecule has 9 heteroatoms. The molecule has 0 amide bonds. The number of ether oxygens (including phenoxy) is 1. The number of nitro groups is 1. The monoisotopic (exact) mass is 289 g/mol. The zero-order valence-corrected chi connectivity index (χ0v) is 11.1. The van der Waals surface area contributed by atoms with Crippen molar-refractivity contribution in [2.24, 2.45) is 5.73 Å². The Kier molecular flexibility index (Phi) is 5.21. The maximum absolute atomic E-state index is 12.0. The average molecular weight is 289 g/mol. The van der Waals surface area contributed by atoms with Crippen LogP contribution in [0.2, 0.25) is 0 Å². The molecule has 0 aliphatic heterocycles. The fourth-order valence-electron chi connectivity index (χ4n) is 1.38. The number of hydrogen-bond acceptors (Lipinski definition) is 6. The van der Waals surface area contributed by atoms with Gasteiger partial charge in [-0.25, -0.2) is 13.1 Å². The van der Waals surface area contributed by atoms with E-state index < -0.39 is 14.9 Å². The van der Waals surface area contributed by atoms with Gasteiger partial charge >= 0.3 is 0 Å². The number of rotatable bonds is 7. The minimum Gasteiger partial charge on any atom is -0.495 e. The van der Waals surface area contributed by atoms with Crippen molar-refractivity contribution >= 4 is 15.7 Å². The molecule has 1 aromatic carbocycles. The van der Waals surface area contributed by atoms with Crippen LogP contribution in [-0.4, -0.2) is 33.5 Å². The van der Waals surface area contributed by atoms with E-state index in [-0.39, 0.29) is 22.9 Å². The van der Waals surface area contributed by atoms with Crippen LogP contribution in [0.15, 0.2) is 23.1 Å². The fraction of sp³-hybridized carbons (Fsp3) is 0.400. The molecule has 0 heterocycles. The summed E-state index contributed by atoms with van der Waals surface area (Å²) >= 11 is 0. The highest BCUT2D eigenvalue weighted by Gasteiger charge is 2.21. The van der Waals surface area contributed by atoms with Crippen molar-refractivity contribution in [2.45, 2.75) is 11.3 Å². The third kappa shape index (κ3) is 3.88. The minimum atomic E-state index is -3.77. The van der Waals surface area contributed by atoms with Gasteiger partial charge in [-0.1, -0.05) is 0 Å². The van der Waals surface area contributed by atoms with Crippen LogP contribution < -0.4 is 15.2 Å². The Morgan fingerprint density at radius 3 is 2.68 bits per heavy atom. The van der Waals surface area contributed by atoms with Gasteiger partial charge in [0.25, 0.3) is 5.69 Å². The lowest BCUT2D eigenvalue weighted by atomic mass is 10.3. The van der Waals surface area contributed by atoms with E-state index in [1.165, 1.54) is 7.11 Å². The van der Waals surface area contributed by atoms with Gasteiger partial charge in [0.1, 0.15) is 10.6 Å². The fourth-order valence-corrected chi connectivity index (χ4v) is 2.60. The molecule has 3 N–H and O–H groups in total. The highest BCUT2D eigenvalue weighted by molar-refractivity contribution is 7.89. The molecule has 0 bridgehead atoms. The quantitative estimate of drug-likeness (QED) is 0.420. The number of hydrogen-bond donors (Lipinski definition) is 2. The predicted octanol–water partition coefficient (Wildman–Crippen LogP) is 0.231. The van der Waals surface area contributed by atoms with Crippen molar-refractivity contribution in [3.63, 3.8) is 0 Å². The van der Waals surface area contributed by atoms with Crippen LogP contribution in [-0.2, 0) is 10.0 Å². The molecule has 0 radical (unpaired) electrons. The van der Waals surface area contributed by atoms with Gasteiger partial charge in [0.05, 0.1) is 18.1 Å². The topological polar surface area (TPSA) is 125 Å². The Balaban J connectivity index is 3.09. The molecule has 0 saturated carbocycles. The van der Waals surface area contributed by atoms with Crippen molar-refractivity contribution in [1.29, 1.82) is 0 Å². The summed E-state index contributed by atoms with van der Waals surface area (Å²) in [5, 5.41) is 10.6. The maximum Gasteiger partial charge on any atom is 0.273 e. The Morgan fingerprint density at radius 1 is 1.47 bits per heavy atom. The summed E-state index contributed by atoms with van der Waals surface area (Å²) in [4.78, 5) is 9.85. The molecule has 8 nitrogen and oxygen atoms in total. The molecule has 0 aliphatic carbocycles. The molecule has 0 atom stereocenters. The average Bonchev–Trinajstić information content (AvgIpc) is 2.38. The second-order valence-corrected chi connectivity index (χ2v) is 5.37. The molecule has 0 aliphatic rings. The van der Waals surface area contributed by atoms with E-state index in [2.05, 4.69) is 4.72 Å². The molecule has 0 fully saturated rings. The number of nitrogens with two attached hydrogens (primary N) is 1. The summed E-state index contributed by atoms with van der Waals surface area (Å²) < 4.78 is 31.2. The van der Waals surface area contributed by atoms with Crippen molar-refractivity contribution in [3.8, 4) is 5.75 Å².